The second-order valence-corrected chi connectivity index (χ2v) is 9.10. The van der Waals surface area contributed by atoms with Gasteiger partial charge < -0.3 is 9.40 Å². The van der Waals surface area contributed by atoms with E-state index in [9.17, 15) is 0 Å². The Labute approximate surface area is 191 Å². The van der Waals surface area contributed by atoms with Crippen molar-refractivity contribution in [3.63, 3.8) is 0 Å². The molecule has 2 nitrogen and oxygen atoms in total. The van der Waals surface area contributed by atoms with E-state index in [0.717, 1.165) is 35.1 Å². The lowest BCUT2D eigenvalue weighted by molar-refractivity contribution is 0.668. The van der Waals surface area contributed by atoms with Crippen LogP contribution in [0.15, 0.2) is 101 Å². The number of rotatable bonds is 2. The SMILES string of the molecule is CC1=CC=C(c2cccc3c2oc2c(-c4ccc5[nH]c6ccccc6c5c4)cccc23)CC1. The first kappa shape index (κ1) is 18.5. The van der Waals surface area contributed by atoms with Gasteiger partial charge in [0.25, 0.3) is 0 Å². The Morgan fingerprint density at radius 1 is 0.636 bits per heavy atom. The number of H-pyrrole nitrogens is 1. The van der Waals surface area contributed by atoms with Crippen molar-refractivity contribution < 1.29 is 4.42 Å². The maximum Gasteiger partial charge on any atom is 0.143 e. The molecule has 0 bridgehead atoms. The van der Waals surface area contributed by atoms with E-state index in [0.29, 0.717) is 0 Å². The largest absolute Gasteiger partial charge is 0.455 e. The summed E-state index contributed by atoms with van der Waals surface area (Å²) in [5.74, 6) is 0. The van der Waals surface area contributed by atoms with Gasteiger partial charge in [0, 0.05) is 43.7 Å². The van der Waals surface area contributed by atoms with Gasteiger partial charge in [-0.2, -0.15) is 0 Å². The van der Waals surface area contributed by atoms with Crippen molar-refractivity contribution >= 4 is 49.3 Å². The highest BCUT2D eigenvalue weighted by Gasteiger charge is 2.17. The number of nitrogens with one attached hydrogen (secondary N) is 1. The maximum atomic E-state index is 6.66. The van der Waals surface area contributed by atoms with Gasteiger partial charge in [0.2, 0.25) is 0 Å². The second kappa shape index (κ2) is 6.98. The third kappa shape index (κ3) is 2.81. The standard InChI is InChI=1S/C31H23NO/c1-19-12-14-20(15-13-19)22-7-4-9-25-26-10-5-8-23(31(26)33-30(22)25)21-16-17-29-27(18-21)24-6-2-3-11-28(24)32-29/h2-12,14,16-18,32H,13,15H2,1H3. The van der Waals surface area contributed by atoms with Gasteiger partial charge in [-0.3, -0.25) is 0 Å². The number of fused-ring (bicyclic) bond motifs is 6. The van der Waals surface area contributed by atoms with Gasteiger partial charge in [0.15, 0.2) is 0 Å². The predicted octanol–water partition coefficient (Wildman–Crippen LogP) is 9.01. The molecular formula is C31H23NO. The summed E-state index contributed by atoms with van der Waals surface area (Å²) in [5.41, 5.74) is 10.6. The molecule has 158 valence electrons. The first-order chi connectivity index (χ1) is 16.3. The summed E-state index contributed by atoms with van der Waals surface area (Å²) in [6.07, 6.45) is 6.66. The highest BCUT2D eigenvalue weighted by molar-refractivity contribution is 6.13. The first-order valence-electron chi connectivity index (χ1n) is 11.6. The van der Waals surface area contributed by atoms with Crippen LogP contribution in [0.2, 0.25) is 0 Å². The molecule has 6 aromatic rings. The summed E-state index contributed by atoms with van der Waals surface area (Å²) >= 11 is 0. The van der Waals surface area contributed by atoms with Crippen LogP contribution in [0, 0.1) is 0 Å². The van der Waals surface area contributed by atoms with Crippen molar-refractivity contribution in [2.45, 2.75) is 19.8 Å². The molecule has 0 saturated carbocycles. The summed E-state index contributed by atoms with van der Waals surface area (Å²) in [6, 6.07) is 28.2. The zero-order chi connectivity index (χ0) is 21.9. The van der Waals surface area contributed by atoms with Gasteiger partial charge in [-0.15, -0.1) is 0 Å². The molecule has 0 unspecified atom stereocenters. The minimum atomic E-state index is 0.960. The average Bonchev–Trinajstić information content (AvgIpc) is 3.42. The van der Waals surface area contributed by atoms with E-state index in [1.807, 2.05) is 0 Å². The molecule has 0 saturated heterocycles. The Kier molecular flexibility index (Phi) is 3.92. The first-order valence-corrected chi connectivity index (χ1v) is 11.6. The van der Waals surface area contributed by atoms with Crippen LogP contribution in [0.1, 0.15) is 25.3 Å². The fourth-order valence-corrected chi connectivity index (χ4v) is 5.28. The Hall–Kier alpha value is -4.04. The number of allylic oxidation sites excluding steroid dienone is 4. The molecule has 7 rings (SSSR count). The molecule has 0 aliphatic heterocycles. The number of aromatic nitrogens is 1. The van der Waals surface area contributed by atoms with Gasteiger partial charge in [-0.1, -0.05) is 78.4 Å². The maximum absolute atomic E-state index is 6.66. The van der Waals surface area contributed by atoms with Gasteiger partial charge in [-0.25, -0.2) is 0 Å². The highest BCUT2D eigenvalue weighted by Crippen LogP contribution is 2.41. The van der Waals surface area contributed by atoms with Crippen LogP contribution >= 0.6 is 0 Å². The number of aromatic amines is 1. The van der Waals surface area contributed by atoms with Crippen LogP contribution < -0.4 is 0 Å². The summed E-state index contributed by atoms with van der Waals surface area (Å²) in [5, 5.41) is 4.85. The average molecular weight is 426 g/mol. The molecule has 0 atom stereocenters. The smallest absolute Gasteiger partial charge is 0.143 e. The molecule has 0 radical (unpaired) electrons. The molecule has 33 heavy (non-hydrogen) atoms. The predicted molar refractivity (Wildman–Crippen MR) is 139 cm³/mol. The van der Waals surface area contributed by atoms with Gasteiger partial charge in [0.1, 0.15) is 11.2 Å². The number of hydrogen-bond acceptors (Lipinski definition) is 1. The lowest BCUT2D eigenvalue weighted by Crippen LogP contribution is -1.91. The summed E-state index contributed by atoms with van der Waals surface area (Å²) in [7, 11) is 0. The molecule has 1 aliphatic rings. The van der Waals surface area contributed by atoms with E-state index in [1.54, 1.807) is 0 Å². The third-order valence-electron chi connectivity index (χ3n) is 7.05. The summed E-state index contributed by atoms with van der Waals surface area (Å²) in [6.45, 7) is 2.20. The number of furan rings is 1. The van der Waals surface area contributed by atoms with Crippen molar-refractivity contribution in [2.75, 3.05) is 0 Å². The zero-order valence-corrected chi connectivity index (χ0v) is 18.5. The van der Waals surface area contributed by atoms with Crippen molar-refractivity contribution in [3.8, 4) is 11.1 Å². The van der Waals surface area contributed by atoms with Crippen LogP contribution in [0.25, 0.3) is 60.4 Å². The Morgan fingerprint density at radius 3 is 2.18 bits per heavy atom. The van der Waals surface area contributed by atoms with Crippen molar-refractivity contribution in [3.05, 3.63) is 102 Å². The lowest BCUT2D eigenvalue weighted by atomic mass is 9.93. The Bertz CT molecular complexity index is 1770. The van der Waals surface area contributed by atoms with E-state index in [-0.39, 0.29) is 0 Å². The van der Waals surface area contributed by atoms with Crippen LogP contribution in [-0.2, 0) is 0 Å². The fraction of sp³-hybridized carbons (Fsp3) is 0.0968. The van der Waals surface area contributed by atoms with Crippen LogP contribution in [0.3, 0.4) is 0 Å². The van der Waals surface area contributed by atoms with E-state index >= 15 is 0 Å². The molecule has 1 N–H and O–H groups in total. The normalized spacial score (nSPS) is 14.3. The lowest BCUT2D eigenvalue weighted by Gasteiger charge is -2.12. The quantitative estimate of drug-likeness (QED) is 0.294. The van der Waals surface area contributed by atoms with Gasteiger partial charge in [-0.05, 0) is 49.1 Å². The van der Waals surface area contributed by atoms with E-state index < -0.39 is 0 Å². The van der Waals surface area contributed by atoms with E-state index in [4.69, 9.17) is 4.42 Å². The topological polar surface area (TPSA) is 28.9 Å². The molecule has 2 aromatic heterocycles. The number of benzene rings is 4. The van der Waals surface area contributed by atoms with E-state index in [2.05, 4.69) is 103 Å². The highest BCUT2D eigenvalue weighted by atomic mass is 16.3. The third-order valence-corrected chi connectivity index (χ3v) is 7.05. The fourth-order valence-electron chi connectivity index (χ4n) is 5.28. The van der Waals surface area contributed by atoms with Crippen LogP contribution in [0.4, 0.5) is 0 Å². The summed E-state index contributed by atoms with van der Waals surface area (Å²) in [4.78, 5) is 3.53. The minimum absolute atomic E-state index is 0.960. The zero-order valence-electron chi connectivity index (χ0n) is 18.5. The molecule has 2 heteroatoms. The van der Waals surface area contributed by atoms with Crippen molar-refractivity contribution in [2.24, 2.45) is 0 Å². The molecule has 4 aromatic carbocycles. The minimum Gasteiger partial charge on any atom is -0.455 e. The molecular weight excluding hydrogens is 402 g/mol. The van der Waals surface area contributed by atoms with Crippen LogP contribution in [-0.4, -0.2) is 4.98 Å². The Morgan fingerprint density at radius 2 is 1.36 bits per heavy atom. The van der Waals surface area contributed by atoms with Gasteiger partial charge >= 0.3 is 0 Å². The summed E-state index contributed by atoms with van der Waals surface area (Å²) < 4.78 is 6.66. The molecule has 1 aliphatic carbocycles. The number of hydrogen-bond donors (Lipinski definition) is 1. The van der Waals surface area contributed by atoms with E-state index in [1.165, 1.54) is 49.3 Å². The number of para-hydroxylation sites is 3. The molecule has 0 fully saturated rings. The molecule has 0 spiro atoms. The van der Waals surface area contributed by atoms with Crippen molar-refractivity contribution in [1.82, 2.24) is 4.98 Å². The van der Waals surface area contributed by atoms with Gasteiger partial charge in [0.05, 0.1) is 0 Å². The Balaban J connectivity index is 1.47. The monoisotopic (exact) mass is 425 g/mol. The van der Waals surface area contributed by atoms with Crippen LogP contribution in [0.5, 0.6) is 0 Å². The molecule has 2 heterocycles. The van der Waals surface area contributed by atoms with Crippen molar-refractivity contribution in [1.29, 1.82) is 0 Å². The molecule has 0 amide bonds. The second-order valence-electron chi connectivity index (χ2n) is 9.10.